The molecule has 0 aromatic carbocycles. The van der Waals surface area contributed by atoms with Crippen LogP contribution in [0.5, 0.6) is 0 Å². The van der Waals surface area contributed by atoms with E-state index >= 15 is 0 Å². The van der Waals surface area contributed by atoms with E-state index in [-0.39, 0.29) is 0 Å². The second-order valence-corrected chi connectivity index (χ2v) is 4.71. The number of hydrogen-bond acceptors (Lipinski definition) is 2. The first-order valence-corrected chi connectivity index (χ1v) is 6.30. The molecule has 0 aliphatic heterocycles. The summed E-state index contributed by atoms with van der Waals surface area (Å²) in [5.41, 5.74) is 0. The summed E-state index contributed by atoms with van der Waals surface area (Å²) >= 11 is 0. The highest BCUT2D eigenvalue weighted by atomic mass is 16.5. The van der Waals surface area contributed by atoms with Gasteiger partial charge in [0.25, 0.3) is 0 Å². The van der Waals surface area contributed by atoms with Gasteiger partial charge >= 0.3 is 0 Å². The second kappa shape index (κ2) is 5.72. The van der Waals surface area contributed by atoms with Crippen molar-refractivity contribution in [2.24, 2.45) is 0 Å². The first-order chi connectivity index (χ1) is 6.95. The third-order valence-corrected chi connectivity index (χ3v) is 3.55. The van der Waals surface area contributed by atoms with Gasteiger partial charge < -0.3 is 10.1 Å². The molecule has 2 aliphatic carbocycles. The van der Waals surface area contributed by atoms with E-state index in [1.807, 2.05) is 0 Å². The Balaban J connectivity index is 1.46. The Morgan fingerprint density at radius 1 is 0.929 bits per heavy atom. The van der Waals surface area contributed by atoms with E-state index in [2.05, 4.69) is 5.32 Å². The monoisotopic (exact) mass is 197 g/mol. The van der Waals surface area contributed by atoms with Gasteiger partial charge in [-0.3, -0.25) is 0 Å². The highest BCUT2D eigenvalue weighted by Crippen LogP contribution is 2.20. The predicted molar refractivity (Wildman–Crippen MR) is 58.5 cm³/mol. The van der Waals surface area contributed by atoms with Crippen LogP contribution in [-0.2, 0) is 4.74 Å². The van der Waals surface area contributed by atoms with E-state index in [0.29, 0.717) is 6.10 Å². The molecule has 0 heterocycles. The molecule has 2 fully saturated rings. The van der Waals surface area contributed by atoms with Crippen LogP contribution < -0.4 is 5.32 Å². The molecule has 2 nitrogen and oxygen atoms in total. The van der Waals surface area contributed by atoms with Crippen LogP contribution in [0, 0.1) is 0 Å². The fourth-order valence-electron chi connectivity index (χ4n) is 2.67. The standard InChI is InChI=1S/C12H23NO/c1-2-6-11(5-1)13-9-10-14-12-7-3-4-8-12/h11-13H,1-10H2. The highest BCUT2D eigenvalue weighted by molar-refractivity contribution is 4.73. The molecule has 1 N–H and O–H groups in total. The average Bonchev–Trinajstić information content (AvgIpc) is 2.86. The minimum Gasteiger partial charge on any atom is -0.377 e. The minimum absolute atomic E-state index is 0.584. The van der Waals surface area contributed by atoms with E-state index < -0.39 is 0 Å². The van der Waals surface area contributed by atoms with Gasteiger partial charge in [0, 0.05) is 12.6 Å². The Morgan fingerprint density at radius 2 is 1.57 bits per heavy atom. The molecule has 0 amide bonds. The molecule has 14 heavy (non-hydrogen) atoms. The van der Waals surface area contributed by atoms with Crippen LogP contribution in [0.1, 0.15) is 51.4 Å². The first kappa shape index (κ1) is 10.4. The van der Waals surface area contributed by atoms with Crippen molar-refractivity contribution in [3.63, 3.8) is 0 Å². The Morgan fingerprint density at radius 3 is 2.29 bits per heavy atom. The molecule has 0 bridgehead atoms. The molecule has 2 heteroatoms. The largest absolute Gasteiger partial charge is 0.377 e. The molecule has 0 atom stereocenters. The molecule has 0 radical (unpaired) electrons. The van der Waals surface area contributed by atoms with Crippen molar-refractivity contribution in [2.75, 3.05) is 13.2 Å². The molecule has 0 aromatic heterocycles. The summed E-state index contributed by atoms with van der Waals surface area (Å²) < 4.78 is 5.80. The van der Waals surface area contributed by atoms with Crippen molar-refractivity contribution in [2.45, 2.75) is 63.5 Å². The Kier molecular flexibility index (Phi) is 4.26. The predicted octanol–water partition coefficient (Wildman–Crippen LogP) is 2.48. The average molecular weight is 197 g/mol. The number of nitrogens with one attached hydrogen (secondary N) is 1. The fourth-order valence-corrected chi connectivity index (χ4v) is 2.67. The van der Waals surface area contributed by atoms with Crippen LogP contribution in [0.25, 0.3) is 0 Å². The Labute approximate surface area is 87.4 Å². The zero-order chi connectivity index (χ0) is 9.64. The van der Waals surface area contributed by atoms with Gasteiger partial charge in [-0.1, -0.05) is 25.7 Å². The van der Waals surface area contributed by atoms with E-state index in [1.165, 1.54) is 51.4 Å². The number of hydrogen-bond donors (Lipinski definition) is 1. The summed E-state index contributed by atoms with van der Waals surface area (Å²) in [5, 5.41) is 3.58. The molecule has 2 aliphatic rings. The van der Waals surface area contributed by atoms with Gasteiger partial charge in [0.1, 0.15) is 0 Å². The molecule has 2 rings (SSSR count). The maximum Gasteiger partial charge on any atom is 0.0594 e. The van der Waals surface area contributed by atoms with Crippen LogP contribution in [0.15, 0.2) is 0 Å². The summed E-state index contributed by atoms with van der Waals surface area (Å²) in [6.07, 6.45) is 11.5. The fraction of sp³-hybridized carbons (Fsp3) is 1.00. The van der Waals surface area contributed by atoms with Crippen LogP contribution in [0.3, 0.4) is 0 Å². The lowest BCUT2D eigenvalue weighted by Gasteiger charge is -2.14. The zero-order valence-corrected chi connectivity index (χ0v) is 9.13. The summed E-state index contributed by atoms with van der Waals surface area (Å²) in [7, 11) is 0. The maximum absolute atomic E-state index is 5.80. The van der Waals surface area contributed by atoms with Crippen molar-refractivity contribution in [3.8, 4) is 0 Å². The first-order valence-electron chi connectivity index (χ1n) is 6.30. The number of ether oxygens (including phenoxy) is 1. The van der Waals surface area contributed by atoms with Gasteiger partial charge in [0.15, 0.2) is 0 Å². The highest BCUT2D eigenvalue weighted by Gasteiger charge is 2.16. The second-order valence-electron chi connectivity index (χ2n) is 4.71. The lowest BCUT2D eigenvalue weighted by Crippen LogP contribution is -2.30. The van der Waals surface area contributed by atoms with Gasteiger partial charge in [0.05, 0.1) is 12.7 Å². The van der Waals surface area contributed by atoms with Crippen molar-refractivity contribution < 1.29 is 4.74 Å². The lowest BCUT2D eigenvalue weighted by molar-refractivity contribution is 0.0592. The molecule has 0 unspecified atom stereocenters. The third kappa shape index (κ3) is 3.25. The van der Waals surface area contributed by atoms with E-state index in [1.54, 1.807) is 0 Å². The van der Waals surface area contributed by atoms with Crippen molar-refractivity contribution in [3.05, 3.63) is 0 Å². The van der Waals surface area contributed by atoms with Gasteiger partial charge in [-0.05, 0) is 25.7 Å². The minimum atomic E-state index is 0.584. The zero-order valence-electron chi connectivity index (χ0n) is 9.13. The quantitative estimate of drug-likeness (QED) is 0.684. The van der Waals surface area contributed by atoms with Gasteiger partial charge in [0.2, 0.25) is 0 Å². The lowest BCUT2D eigenvalue weighted by atomic mass is 10.2. The summed E-state index contributed by atoms with van der Waals surface area (Å²) in [4.78, 5) is 0. The van der Waals surface area contributed by atoms with Crippen LogP contribution >= 0.6 is 0 Å². The van der Waals surface area contributed by atoms with E-state index in [0.717, 1.165) is 19.2 Å². The Bertz CT molecular complexity index is 130. The van der Waals surface area contributed by atoms with Crippen LogP contribution in [0.4, 0.5) is 0 Å². The van der Waals surface area contributed by atoms with Gasteiger partial charge in [-0.15, -0.1) is 0 Å². The molecular formula is C12H23NO. The van der Waals surface area contributed by atoms with Crippen molar-refractivity contribution >= 4 is 0 Å². The van der Waals surface area contributed by atoms with Gasteiger partial charge in [-0.2, -0.15) is 0 Å². The van der Waals surface area contributed by atoms with E-state index in [4.69, 9.17) is 4.74 Å². The molecular weight excluding hydrogens is 174 g/mol. The topological polar surface area (TPSA) is 21.3 Å². The van der Waals surface area contributed by atoms with Crippen LogP contribution in [-0.4, -0.2) is 25.3 Å². The molecule has 82 valence electrons. The molecule has 0 aromatic rings. The third-order valence-electron chi connectivity index (χ3n) is 3.55. The van der Waals surface area contributed by atoms with Crippen LogP contribution in [0.2, 0.25) is 0 Å². The summed E-state index contributed by atoms with van der Waals surface area (Å²) in [5.74, 6) is 0. The maximum atomic E-state index is 5.80. The smallest absolute Gasteiger partial charge is 0.0594 e. The SMILES string of the molecule is C1CCC(NCCOC2CCCC2)C1. The molecule has 2 saturated carbocycles. The summed E-state index contributed by atoms with van der Waals surface area (Å²) in [6, 6.07) is 0.794. The Hall–Kier alpha value is -0.0800. The summed E-state index contributed by atoms with van der Waals surface area (Å²) in [6.45, 7) is 1.97. The van der Waals surface area contributed by atoms with Crippen molar-refractivity contribution in [1.29, 1.82) is 0 Å². The molecule has 0 spiro atoms. The van der Waals surface area contributed by atoms with Gasteiger partial charge in [-0.25, -0.2) is 0 Å². The van der Waals surface area contributed by atoms with Crippen molar-refractivity contribution in [1.82, 2.24) is 5.32 Å². The van der Waals surface area contributed by atoms with E-state index in [9.17, 15) is 0 Å². The normalized spacial score (nSPS) is 24.9. The molecule has 0 saturated heterocycles. The number of rotatable bonds is 5.